The molecule has 5 rings (SSSR count). The number of non-ortho nitro benzene ring substituents is 1. The van der Waals surface area contributed by atoms with Crippen LogP contribution in [0.3, 0.4) is 0 Å². The Labute approximate surface area is 210 Å². The summed E-state index contributed by atoms with van der Waals surface area (Å²) in [5, 5.41) is 19.5. The molecule has 0 unspecified atom stereocenters. The molecule has 0 saturated carbocycles. The van der Waals surface area contributed by atoms with Gasteiger partial charge in [-0.2, -0.15) is 5.10 Å². The third kappa shape index (κ3) is 5.68. The lowest BCUT2D eigenvalue weighted by atomic mass is 10.1. The Bertz CT molecular complexity index is 1300. The molecule has 184 valence electrons. The van der Waals surface area contributed by atoms with Crippen molar-refractivity contribution in [3.8, 4) is 16.9 Å². The maximum atomic E-state index is 11.1. The summed E-state index contributed by atoms with van der Waals surface area (Å²) in [5.41, 5.74) is 6.31. The monoisotopic (exact) mass is 483 g/mol. The molecule has 3 aromatic carbocycles. The Balaban J connectivity index is 1.35. The van der Waals surface area contributed by atoms with Crippen molar-refractivity contribution in [3.63, 3.8) is 0 Å². The Morgan fingerprint density at radius 3 is 2.25 bits per heavy atom. The van der Waals surface area contributed by atoms with E-state index in [1.807, 2.05) is 41.2 Å². The van der Waals surface area contributed by atoms with Crippen molar-refractivity contribution in [3.05, 3.63) is 112 Å². The van der Waals surface area contributed by atoms with Crippen LogP contribution >= 0.6 is 0 Å². The van der Waals surface area contributed by atoms with E-state index in [9.17, 15) is 10.1 Å². The molecule has 1 N–H and O–H groups in total. The quantitative estimate of drug-likeness (QED) is 0.277. The first-order chi connectivity index (χ1) is 17.7. The molecule has 0 radical (unpaired) electrons. The van der Waals surface area contributed by atoms with Crippen molar-refractivity contribution in [2.45, 2.75) is 19.6 Å². The van der Waals surface area contributed by atoms with Crippen LogP contribution in [0.25, 0.3) is 16.9 Å². The van der Waals surface area contributed by atoms with Crippen molar-refractivity contribution >= 4 is 5.69 Å². The number of hydrogen-bond donors (Lipinski definition) is 1. The van der Waals surface area contributed by atoms with Crippen LogP contribution in [0, 0.1) is 10.1 Å². The number of hydrogen-bond acceptors (Lipinski definition) is 6. The van der Waals surface area contributed by atoms with Crippen molar-refractivity contribution in [2.24, 2.45) is 0 Å². The zero-order valence-corrected chi connectivity index (χ0v) is 20.0. The number of para-hydroxylation sites is 1. The van der Waals surface area contributed by atoms with Crippen LogP contribution in [-0.4, -0.2) is 45.9 Å². The molecule has 2 heterocycles. The molecule has 1 aliphatic rings. The molecule has 1 aromatic heterocycles. The van der Waals surface area contributed by atoms with Crippen LogP contribution < -0.4 is 5.32 Å². The third-order valence-corrected chi connectivity index (χ3v) is 6.41. The minimum Gasteiger partial charge on any atom is -0.379 e. The minimum absolute atomic E-state index is 0.0674. The molecular weight excluding hydrogens is 454 g/mol. The van der Waals surface area contributed by atoms with E-state index >= 15 is 0 Å². The van der Waals surface area contributed by atoms with Crippen LogP contribution in [0.15, 0.2) is 85.1 Å². The van der Waals surface area contributed by atoms with Crippen LogP contribution in [0.2, 0.25) is 0 Å². The van der Waals surface area contributed by atoms with Gasteiger partial charge in [0.25, 0.3) is 5.69 Å². The van der Waals surface area contributed by atoms with Gasteiger partial charge < -0.3 is 10.1 Å². The Morgan fingerprint density at radius 2 is 1.53 bits per heavy atom. The zero-order valence-electron chi connectivity index (χ0n) is 20.0. The predicted octanol–water partition coefficient (Wildman–Crippen LogP) is 4.57. The molecule has 8 heteroatoms. The van der Waals surface area contributed by atoms with Gasteiger partial charge in [-0.05, 0) is 35.4 Å². The van der Waals surface area contributed by atoms with E-state index in [4.69, 9.17) is 9.84 Å². The Morgan fingerprint density at radius 1 is 0.861 bits per heavy atom. The summed E-state index contributed by atoms with van der Waals surface area (Å²) in [4.78, 5) is 13.1. The van der Waals surface area contributed by atoms with E-state index in [-0.39, 0.29) is 10.6 Å². The number of nitro benzene ring substituents is 1. The highest BCUT2D eigenvalue weighted by molar-refractivity contribution is 5.64. The van der Waals surface area contributed by atoms with Crippen LogP contribution in [0.5, 0.6) is 0 Å². The fraction of sp³-hybridized carbons (Fsp3) is 0.250. The molecule has 1 saturated heterocycles. The number of nitrogens with zero attached hydrogens (tertiary/aromatic N) is 4. The maximum Gasteiger partial charge on any atom is 0.269 e. The Hall–Kier alpha value is -3.85. The van der Waals surface area contributed by atoms with Gasteiger partial charge in [0, 0.05) is 62.2 Å². The van der Waals surface area contributed by atoms with Gasteiger partial charge in [0.1, 0.15) is 0 Å². The van der Waals surface area contributed by atoms with E-state index in [1.54, 1.807) is 12.1 Å². The SMILES string of the molecule is O=[N+]([O-])c1ccc(-c2nn(-c3ccccc3)cc2CNCc2ccccc2CN2CCOCC2)cc1. The number of morpholine rings is 1. The summed E-state index contributed by atoms with van der Waals surface area (Å²) < 4.78 is 7.35. The smallest absolute Gasteiger partial charge is 0.269 e. The highest BCUT2D eigenvalue weighted by Crippen LogP contribution is 2.26. The van der Waals surface area contributed by atoms with Gasteiger partial charge in [0.2, 0.25) is 0 Å². The van der Waals surface area contributed by atoms with Crippen molar-refractivity contribution < 1.29 is 9.66 Å². The fourth-order valence-corrected chi connectivity index (χ4v) is 4.45. The number of benzene rings is 3. The second kappa shape index (κ2) is 11.3. The van der Waals surface area contributed by atoms with Gasteiger partial charge in [-0.15, -0.1) is 0 Å². The minimum atomic E-state index is -0.386. The molecule has 4 aromatic rings. The number of nitrogens with one attached hydrogen (secondary N) is 1. The third-order valence-electron chi connectivity index (χ3n) is 6.41. The lowest BCUT2D eigenvalue weighted by Crippen LogP contribution is -2.36. The van der Waals surface area contributed by atoms with E-state index in [0.29, 0.717) is 6.54 Å². The van der Waals surface area contributed by atoms with Crippen molar-refractivity contribution in [1.82, 2.24) is 20.0 Å². The molecule has 36 heavy (non-hydrogen) atoms. The summed E-state index contributed by atoms with van der Waals surface area (Å²) in [6.45, 7) is 5.76. The molecule has 1 aliphatic heterocycles. The summed E-state index contributed by atoms with van der Waals surface area (Å²) in [6.07, 6.45) is 2.03. The highest BCUT2D eigenvalue weighted by atomic mass is 16.6. The Kier molecular flexibility index (Phi) is 7.47. The molecular formula is C28H29N5O3. The molecule has 0 aliphatic carbocycles. The van der Waals surface area contributed by atoms with E-state index in [0.717, 1.165) is 61.9 Å². The van der Waals surface area contributed by atoms with Crippen molar-refractivity contribution in [2.75, 3.05) is 26.3 Å². The zero-order chi connectivity index (χ0) is 24.7. The van der Waals surface area contributed by atoms with Gasteiger partial charge in [-0.25, -0.2) is 4.68 Å². The highest BCUT2D eigenvalue weighted by Gasteiger charge is 2.15. The largest absolute Gasteiger partial charge is 0.379 e. The number of rotatable bonds is 9. The summed E-state index contributed by atoms with van der Waals surface area (Å²) in [7, 11) is 0. The van der Waals surface area contributed by atoms with Gasteiger partial charge in [-0.1, -0.05) is 42.5 Å². The number of nitro groups is 1. The summed E-state index contributed by atoms with van der Waals surface area (Å²) in [6, 6.07) is 25.1. The fourth-order valence-electron chi connectivity index (χ4n) is 4.45. The van der Waals surface area contributed by atoms with Gasteiger partial charge >= 0.3 is 0 Å². The van der Waals surface area contributed by atoms with E-state index in [2.05, 4.69) is 34.5 Å². The molecule has 1 fully saturated rings. The van der Waals surface area contributed by atoms with Gasteiger partial charge in [0.05, 0.1) is 29.5 Å². The summed E-state index contributed by atoms with van der Waals surface area (Å²) >= 11 is 0. The molecule has 0 bridgehead atoms. The van der Waals surface area contributed by atoms with Gasteiger partial charge in [0.15, 0.2) is 0 Å². The van der Waals surface area contributed by atoms with Gasteiger partial charge in [-0.3, -0.25) is 15.0 Å². The average molecular weight is 484 g/mol. The van der Waals surface area contributed by atoms with Crippen LogP contribution in [0.4, 0.5) is 5.69 Å². The first-order valence-corrected chi connectivity index (χ1v) is 12.1. The first kappa shape index (κ1) is 23.9. The molecule has 0 atom stereocenters. The lowest BCUT2D eigenvalue weighted by Gasteiger charge is -2.27. The van der Waals surface area contributed by atoms with Crippen molar-refractivity contribution in [1.29, 1.82) is 0 Å². The van der Waals surface area contributed by atoms with E-state index in [1.165, 1.54) is 23.3 Å². The topological polar surface area (TPSA) is 85.5 Å². The second-order valence-electron chi connectivity index (χ2n) is 8.85. The molecule has 0 spiro atoms. The van der Waals surface area contributed by atoms with Crippen LogP contribution in [0.1, 0.15) is 16.7 Å². The molecule has 0 amide bonds. The number of aromatic nitrogens is 2. The predicted molar refractivity (Wildman–Crippen MR) is 139 cm³/mol. The lowest BCUT2D eigenvalue weighted by molar-refractivity contribution is -0.384. The standard InChI is InChI=1S/C28H29N5O3/c34-33(35)27-12-10-22(11-13-27)28-25(21-32(30-28)26-8-2-1-3-9-26)19-29-18-23-6-4-5-7-24(23)20-31-14-16-36-17-15-31/h1-13,21,29H,14-20H2. The number of ether oxygens (including phenoxy) is 1. The summed E-state index contributed by atoms with van der Waals surface area (Å²) in [5.74, 6) is 0. The normalized spacial score (nSPS) is 14.1. The van der Waals surface area contributed by atoms with E-state index < -0.39 is 0 Å². The van der Waals surface area contributed by atoms with Crippen LogP contribution in [-0.2, 0) is 24.4 Å². The first-order valence-electron chi connectivity index (χ1n) is 12.1. The average Bonchev–Trinajstić information content (AvgIpc) is 3.35. The molecule has 8 nitrogen and oxygen atoms in total. The maximum absolute atomic E-state index is 11.1. The second-order valence-corrected chi connectivity index (χ2v) is 8.85.